The van der Waals surface area contributed by atoms with Crippen LogP contribution in [0.3, 0.4) is 0 Å². The third-order valence-electron chi connectivity index (χ3n) is 4.69. The van der Waals surface area contributed by atoms with E-state index in [1.165, 1.54) is 4.57 Å². The van der Waals surface area contributed by atoms with Crippen molar-refractivity contribution in [3.63, 3.8) is 0 Å². The molecule has 8 heteroatoms. The number of hydrogen-bond donors (Lipinski definition) is 1. The molecule has 0 unspecified atom stereocenters. The lowest BCUT2D eigenvalue weighted by Crippen LogP contribution is -2.20. The van der Waals surface area contributed by atoms with Gasteiger partial charge in [0.1, 0.15) is 0 Å². The van der Waals surface area contributed by atoms with E-state index in [9.17, 15) is 9.59 Å². The summed E-state index contributed by atoms with van der Waals surface area (Å²) in [5.41, 5.74) is 2.63. The molecule has 0 amide bonds. The number of anilines is 1. The van der Waals surface area contributed by atoms with E-state index in [0.29, 0.717) is 33.8 Å². The van der Waals surface area contributed by atoms with Gasteiger partial charge in [-0.15, -0.1) is 10.2 Å². The Balaban J connectivity index is 1.75. The second-order valence-corrected chi connectivity index (χ2v) is 6.51. The molecule has 0 fully saturated rings. The fraction of sp³-hybridized carbons (Fsp3) is 0.200. The number of ether oxygens (including phenoxy) is 1. The summed E-state index contributed by atoms with van der Waals surface area (Å²) in [6.07, 6.45) is 0. The first-order valence-electron chi connectivity index (χ1n) is 8.78. The molecule has 0 radical (unpaired) electrons. The highest BCUT2D eigenvalue weighted by molar-refractivity contribution is 5.95. The van der Waals surface area contributed by atoms with E-state index in [4.69, 9.17) is 4.74 Å². The summed E-state index contributed by atoms with van der Waals surface area (Å²) in [6, 6.07) is 12.7. The van der Waals surface area contributed by atoms with Crippen LogP contribution in [0.1, 0.15) is 21.7 Å². The van der Waals surface area contributed by atoms with Gasteiger partial charge in [0.15, 0.2) is 12.4 Å². The maximum Gasteiger partial charge on any atom is 0.340 e. The Labute approximate surface area is 160 Å². The van der Waals surface area contributed by atoms with Crippen molar-refractivity contribution in [2.45, 2.75) is 13.5 Å². The number of nitrogens with zero attached hydrogens (tertiary/aromatic N) is 4. The number of carbonyl (C=O) groups excluding carboxylic acids is 1. The molecule has 0 bridgehead atoms. The van der Waals surface area contributed by atoms with E-state index in [-0.39, 0.29) is 12.2 Å². The molecule has 2 heterocycles. The van der Waals surface area contributed by atoms with Crippen LogP contribution in [0.2, 0.25) is 0 Å². The van der Waals surface area contributed by atoms with Crippen LogP contribution < -0.4 is 10.9 Å². The number of para-hydroxylation sites is 1. The number of nitrogens with one attached hydrogen (secondary N) is 1. The Morgan fingerprint density at radius 3 is 2.75 bits per heavy atom. The molecule has 4 aromatic rings. The Morgan fingerprint density at radius 1 is 1.18 bits per heavy atom. The van der Waals surface area contributed by atoms with Gasteiger partial charge in [0.25, 0.3) is 5.56 Å². The summed E-state index contributed by atoms with van der Waals surface area (Å²) < 4.78 is 8.66. The zero-order valence-electron chi connectivity index (χ0n) is 15.8. The minimum atomic E-state index is -0.466. The fourth-order valence-corrected chi connectivity index (χ4v) is 3.24. The molecular weight excluding hydrogens is 358 g/mol. The SMILES string of the molecule is CNc1ccccc1C(=O)OCc1nnc2n(C)c(=O)c3cc(C)ccc3n12. The van der Waals surface area contributed by atoms with Crippen LogP contribution in [0.15, 0.2) is 47.3 Å². The van der Waals surface area contributed by atoms with Gasteiger partial charge in [-0.25, -0.2) is 4.79 Å². The molecule has 0 spiro atoms. The van der Waals surface area contributed by atoms with E-state index in [2.05, 4.69) is 15.5 Å². The highest BCUT2D eigenvalue weighted by Gasteiger charge is 2.17. The van der Waals surface area contributed by atoms with Crippen molar-refractivity contribution < 1.29 is 9.53 Å². The number of aromatic nitrogens is 4. The van der Waals surface area contributed by atoms with Crippen LogP contribution in [0.5, 0.6) is 0 Å². The van der Waals surface area contributed by atoms with Crippen molar-refractivity contribution in [2.75, 3.05) is 12.4 Å². The molecule has 4 rings (SSSR count). The minimum Gasteiger partial charge on any atom is -0.454 e. The number of hydrogen-bond acceptors (Lipinski definition) is 6. The number of benzene rings is 2. The van der Waals surface area contributed by atoms with Crippen molar-refractivity contribution in [1.82, 2.24) is 19.2 Å². The standard InChI is InChI=1S/C20H19N5O3/c1-12-8-9-16-14(10-12)18(26)24(3)20-23-22-17(25(16)20)11-28-19(27)13-6-4-5-7-15(13)21-2/h4-10,21H,11H2,1-3H3. The van der Waals surface area contributed by atoms with Gasteiger partial charge >= 0.3 is 5.97 Å². The van der Waals surface area contributed by atoms with Gasteiger partial charge in [-0.3, -0.25) is 13.8 Å². The first-order chi connectivity index (χ1) is 13.5. The molecular formula is C20H19N5O3. The second kappa shape index (κ2) is 6.80. The van der Waals surface area contributed by atoms with Crippen molar-refractivity contribution >= 4 is 28.3 Å². The van der Waals surface area contributed by atoms with Gasteiger partial charge in [0, 0.05) is 19.8 Å². The minimum absolute atomic E-state index is 0.0702. The van der Waals surface area contributed by atoms with Gasteiger partial charge in [-0.05, 0) is 31.2 Å². The predicted molar refractivity (Wildman–Crippen MR) is 106 cm³/mol. The average Bonchev–Trinajstić information content (AvgIpc) is 3.14. The smallest absolute Gasteiger partial charge is 0.340 e. The van der Waals surface area contributed by atoms with Gasteiger partial charge in [0.05, 0.1) is 16.5 Å². The Bertz CT molecular complexity index is 1270. The highest BCUT2D eigenvalue weighted by atomic mass is 16.5. The third-order valence-corrected chi connectivity index (χ3v) is 4.69. The molecule has 0 aliphatic heterocycles. The quantitative estimate of drug-likeness (QED) is 0.549. The van der Waals surface area contributed by atoms with E-state index < -0.39 is 5.97 Å². The number of rotatable bonds is 4. The molecule has 0 saturated carbocycles. The Kier molecular flexibility index (Phi) is 4.31. The number of carbonyl (C=O) groups is 1. The lowest BCUT2D eigenvalue weighted by Gasteiger charge is -2.10. The van der Waals surface area contributed by atoms with Crippen LogP contribution >= 0.6 is 0 Å². The number of fused-ring (bicyclic) bond motifs is 3. The van der Waals surface area contributed by atoms with Crippen LogP contribution in [0, 0.1) is 6.92 Å². The van der Waals surface area contributed by atoms with E-state index in [1.54, 1.807) is 36.7 Å². The Hall–Kier alpha value is -3.68. The molecule has 2 aromatic carbocycles. The van der Waals surface area contributed by atoms with Crippen molar-refractivity contribution in [2.24, 2.45) is 7.05 Å². The lowest BCUT2D eigenvalue weighted by atomic mass is 10.1. The van der Waals surface area contributed by atoms with Crippen molar-refractivity contribution in [3.8, 4) is 0 Å². The maximum absolute atomic E-state index is 12.6. The summed E-state index contributed by atoms with van der Waals surface area (Å²) in [5, 5.41) is 11.8. The summed E-state index contributed by atoms with van der Waals surface area (Å²) in [6.45, 7) is 1.86. The Morgan fingerprint density at radius 2 is 1.96 bits per heavy atom. The first-order valence-corrected chi connectivity index (χ1v) is 8.78. The zero-order valence-corrected chi connectivity index (χ0v) is 15.8. The molecule has 0 saturated heterocycles. The van der Waals surface area contributed by atoms with Gasteiger partial charge in [-0.2, -0.15) is 0 Å². The molecule has 142 valence electrons. The highest BCUT2D eigenvalue weighted by Crippen LogP contribution is 2.18. The van der Waals surface area contributed by atoms with Gasteiger partial charge in [0.2, 0.25) is 5.78 Å². The normalized spacial score (nSPS) is 11.1. The van der Waals surface area contributed by atoms with Crippen molar-refractivity contribution in [1.29, 1.82) is 0 Å². The summed E-state index contributed by atoms with van der Waals surface area (Å²) in [7, 11) is 3.39. The monoisotopic (exact) mass is 377 g/mol. The topological polar surface area (TPSA) is 90.5 Å². The molecule has 2 aromatic heterocycles. The van der Waals surface area contributed by atoms with Crippen molar-refractivity contribution in [3.05, 3.63) is 69.8 Å². The molecule has 0 aliphatic rings. The number of aryl methyl sites for hydroxylation is 2. The maximum atomic E-state index is 12.6. The largest absolute Gasteiger partial charge is 0.454 e. The summed E-state index contributed by atoms with van der Waals surface area (Å²) in [4.78, 5) is 25.1. The predicted octanol–water partition coefficient (Wildman–Crippen LogP) is 2.29. The van der Waals surface area contributed by atoms with E-state index in [0.717, 1.165) is 5.56 Å². The second-order valence-electron chi connectivity index (χ2n) is 6.51. The van der Waals surface area contributed by atoms with Crippen LogP contribution in [0.4, 0.5) is 5.69 Å². The van der Waals surface area contributed by atoms with Gasteiger partial charge < -0.3 is 10.1 Å². The van der Waals surface area contributed by atoms with E-state index in [1.807, 2.05) is 31.2 Å². The molecule has 28 heavy (non-hydrogen) atoms. The number of esters is 1. The average molecular weight is 377 g/mol. The summed E-state index contributed by atoms with van der Waals surface area (Å²) >= 11 is 0. The summed E-state index contributed by atoms with van der Waals surface area (Å²) in [5.74, 6) is 0.365. The fourth-order valence-electron chi connectivity index (χ4n) is 3.24. The molecule has 0 atom stereocenters. The van der Waals surface area contributed by atoms with Crippen LogP contribution in [-0.4, -0.2) is 32.2 Å². The third kappa shape index (κ3) is 2.79. The zero-order chi connectivity index (χ0) is 19.8. The first kappa shape index (κ1) is 17.7. The molecule has 1 N–H and O–H groups in total. The molecule has 8 nitrogen and oxygen atoms in total. The van der Waals surface area contributed by atoms with E-state index >= 15 is 0 Å². The lowest BCUT2D eigenvalue weighted by molar-refractivity contribution is 0.0462. The van der Waals surface area contributed by atoms with Crippen LogP contribution in [-0.2, 0) is 18.4 Å². The van der Waals surface area contributed by atoms with Crippen LogP contribution in [0.25, 0.3) is 16.7 Å². The molecule has 0 aliphatic carbocycles. The van der Waals surface area contributed by atoms with Gasteiger partial charge in [-0.1, -0.05) is 23.8 Å².